The number of nitrogens with zero attached hydrogens (tertiary/aromatic N) is 2. The van der Waals surface area contributed by atoms with Crippen molar-refractivity contribution >= 4 is 5.65 Å². The molecule has 0 aliphatic carbocycles. The van der Waals surface area contributed by atoms with Crippen LogP contribution >= 0.6 is 0 Å². The molecule has 2 aromatic heterocycles. The minimum Gasteiger partial charge on any atom is -0.302 e. The first kappa shape index (κ1) is 6.27. The second kappa shape index (κ2) is 2.02. The van der Waals surface area contributed by atoms with E-state index >= 15 is 0 Å². The number of pyridine rings is 1. The first-order chi connectivity index (χ1) is 5.27. The van der Waals surface area contributed by atoms with Crippen LogP contribution in [0.5, 0.6) is 0 Å². The molecule has 0 bridgehead atoms. The summed E-state index contributed by atoms with van der Waals surface area (Å²) < 4.78 is 26.5. The largest absolute Gasteiger partial charge is 0.302 e. The Morgan fingerprint density at radius 3 is 3.00 bits per heavy atom. The van der Waals surface area contributed by atoms with Gasteiger partial charge in [0.15, 0.2) is 11.5 Å². The highest BCUT2D eigenvalue weighted by molar-refractivity contribution is 5.39. The van der Waals surface area contributed by atoms with Crippen LogP contribution in [0.25, 0.3) is 5.65 Å². The molecule has 2 nitrogen and oxygen atoms in total. The van der Waals surface area contributed by atoms with Gasteiger partial charge in [-0.05, 0) is 0 Å². The highest BCUT2D eigenvalue weighted by Gasteiger charge is 2.02. The predicted octanol–water partition coefficient (Wildman–Crippen LogP) is 1.61. The third-order valence-electron chi connectivity index (χ3n) is 1.41. The zero-order chi connectivity index (χ0) is 7.84. The maximum atomic E-state index is 12.8. The fourth-order valence-corrected chi connectivity index (χ4v) is 0.958. The third-order valence-corrected chi connectivity index (χ3v) is 1.41. The summed E-state index contributed by atoms with van der Waals surface area (Å²) in [7, 11) is 0. The molecule has 0 saturated heterocycles. The smallest absolute Gasteiger partial charge is 0.173 e. The van der Waals surface area contributed by atoms with Crippen molar-refractivity contribution in [3.63, 3.8) is 0 Å². The van der Waals surface area contributed by atoms with Gasteiger partial charge in [-0.15, -0.1) is 0 Å². The summed E-state index contributed by atoms with van der Waals surface area (Å²) in [6, 6.07) is 0.808. The maximum absolute atomic E-state index is 12.8. The zero-order valence-electron chi connectivity index (χ0n) is 5.46. The molecule has 0 aliphatic rings. The SMILES string of the molecule is Fc1cc(F)c2nccn2c1. The van der Waals surface area contributed by atoms with Crippen molar-refractivity contribution in [3.8, 4) is 0 Å². The van der Waals surface area contributed by atoms with E-state index in [9.17, 15) is 8.78 Å². The average molecular weight is 154 g/mol. The quantitative estimate of drug-likeness (QED) is 0.563. The van der Waals surface area contributed by atoms with Crippen LogP contribution in [-0.4, -0.2) is 9.38 Å². The predicted molar refractivity (Wildman–Crippen MR) is 35.1 cm³/mol. The van der Waals surface area contributed by atoms with Crippen molar-refractivity contribution in [2.75, 3.05) is 0 Å². The van der Waals surface area contributed by atoms with Gasteiger partial charge in [-0.25, -0.2) is 13.8 Å². The molecule has 11 heavy (non-hydrogen) atoms. The van der Waals surface area contributed by atoms with E-state index in [1.807, 2.05) is 0 Å². The fraction of sp³-hybridized carbons (Fsp3) is 0. The van der Waals surface area contributed by atoms with Crippen LogP contribution in [0.15, 0.2) is 24.7 Å². The van der Waals surface area contributed by atoms with Gasteiger partial charge in [-0.2, -0.15) is 0 Å². The standard InChI is InChI=1S/C7H4F2N2/c8-5-3-6(9)7-10-1-2-11(7)4-5/h1-4H. The molecule has 2 rings (SSSR count). The van der Waals surface area contributed by atoms with E-state index in [0.29, 0.717) is 0 Å². The monoisotopic (exact) mass is 154 g/mol. The Labute approximate surface area is 61.1 Å². The van der Waals surface area contributed by atoms with Crippen LogP contribution in [0.3, 0.4) is 0 Å². The molecule has 0 unspecified atom stereocenters. The Hall–Kier alpha value is -1.45. The lowest BCUT2D eigenvalue weighted by Crippen LogP contribution is -1.89. The minimum atomic E-state index is -0.644. The Morgan fingerprint density at radius 1 is 1.36 bits per heavy atom. The first-order valence-electron chi connectivity index (χ1n) is 3.05. The van der Waals surface area contributed by atoms with Crippen molar-refractivity contribution in [1.29, 1.82) is 0 Å². The number of hydrogen-bond donors (Lipinski definition) is 0. The van der Waals surface area contributed by atoms with E-state index in [0.717, 1.165) is 6.07 Å². The number of fused-ring (bicyclic) bond motifs is 1. The summed E-state index contributed by atoms with van der Waals surface area (Å²) >= 11 is 0. The Balaban J connectivity index is 2.91. The molecule has 2 aromatic rings. The molecule has 56 valence electrons. The van der Waals surface area contributed by atoms with Gasteiger partial charge in [0.25, 0.3) is 0 Å². The number of hydrogen-bond acceptors (Lipinski definition) is 1. The van der Waals surface area contributed by atoms with E-state index < -0.39 is 11.6 Å². The summed E-state index contributed by atoms with van der Waals surface area (Å²) in [5.74, 6) is -1.25. The lowest BCUT2D eigenvalue weighted by atomic mass is 10.4. The first-order valence-corrected chi connectivity index (χ1v) is 3.05. The van der Waals surface area contributed by atoms with Gasteiger partial charge in [0, 0.05) is 24.7 Å². The highest BCUT2D eigenvalue weighted by Crippen LogP contribution is 2.08. The summed E-state index contributed by atoms with van der Waals surface area (Å²) in [5.41, 5.74) is 0.145. The molecule has 0 spiro atoms. The molecule has 0 saturated carbocycles. The van der Waals surface area contributed by atoms with E-state index in [1.54, 1.807) is 0 Å². The lowest BCUT2D eigenvalue weighted by molar-refractivity contribution is 0.577. The molecule has 0 atom stereocenters. The highest BCUT2D eigenvalue weighted by atomic mass is 19.1. The van der Waals surface area contributed by atoms with Crippen LogP contribution in [-0.2, 0) is 0 Å². The van der Waals surface area contributed by atoms with Crippen molar-refractivity contribution in [2.24, 2.45) is 0 Å². The number of aromatic nitrogens is 2. The molecule has 0 radical (unpaired) electrons. The van der Waals surface area contributed by atoms with Gasteiger partial charge in [0.1, 0.15) is 5.82 Å². The van der Waals surface area contributed by atoms with Crippen LogP contribution < -0.4 is 0 Å². The van der Waals surface area contributed by atoms with E-state index in [-0.39, 0.29) is 5.65 Å². The molecule has 0 N–H and O–H groups in total. The van der Waals surface area contributed by atoms with Crippen LogP contribution in [0.4, 0.5) is 8.78 Å². The van der Waals surface area contributed by atoms with Gasteiger partial charge >= 0.3 is 0 Å². The van der Waals surface area contributed by atoms with Crippen molar-refractivity contribution in [2.45, 2.75) is 0 Å². The fourth-order valence-electron chi connectivity index (χ4n) is 0.958. The zero-order valence-corrected chi connectivity index (χ0v) is 5.46. The van der Waals surface area contributed by atoms with Gasteiger partial charge in [0.05, 0.1) is 0 Å². The molecular formula is C7H4F2N2. The molecule has 0 aliphatic heterocycles. The van der Waals surface area contributed by atoms with E-state index in [2.05, 4.69) is 4.98 Å². The Bertz CT molecular complexity index is 394. The second-order valence-corrected chi connectivity index (χ2v) is 2.16. The van der Waals surface area contributed by atoms with Gasteiger partial charge in [-0.3, -0.25) is 0 Å². The summed E-state index contributed by atoms with van der Waals surface area (Å²) in [4.78, 5) is 3.68. The maximum Gasteiger partial charge on any atom is 0.173 e. The van der Waals surface area contributed by atoms with E-state index in [1.165, 1.54) is 23.0 Å². The van der Waals surface area contributed by atoms with Gasteiger partial charge in [-0.1, -0.05) is 0 Å². The Kier molecular flexibility index (Phi) is 1.15. The normalized spacial score (nSPS) is 10.7. The minimum absolute atomic E-state index is 0.145. The topological polar surface area (TPSA) is 17.3 Å². The molecule has 0 fully saturated rings. The van der Waals surface area contributed by atoms with Gasteiger partial charge < -0.3 is 4.40 Å². The van der Waals surface area contributed by atoms with Crippen molar-refractivity contribution in [3.05, 3.63) is 36.3 Å². The van der Waals surface area contributed by atoms with E-state index in [4.69, 9.17) is 0 Å². The number of rotatable bonds is 0. The van der Waals surface area contributed by atoms with Crippen molar-refractivity contribution in [1.82, 2.24) is 9.38 Å². The molecule has 2 heterocycles. The van der Waals surface area contributed by atoms with Crippen LogP contribution in [0.1, 0.15) is 0 Å². The van der Waals surface area contributed by atoms with Crippen LogP contribution in [0.2, 0.25) is 0 Å². The number of halogens is 2. The molecular weight excluding hydrogens is 150 g/mol. The summed E-state index contributed by atoms with van der Waals surface area (Å²) in [6.45, 7) is 0. The summed E-state index contributed by atoms with van der Waals surface area (Å²) in [6.07, 6.45) is 4.07. The molecule has 4 heteroatoms. The second-order valence-electron chi connectivity index (χ2n) is 2.16. The molecule has 0 amide bonds. The third kappa shape index (κ3) is 0.869. The number of imidazole rings is 1. The van der Waals surface area contributed by atoms with Gasteiger partial charge in [0.2, 0.25) is 0 Å². The molecule has 0 aromatic carbocycles. The summed E-state index contributed by atoms with van der Waals surface area (Å²) in [5, 5.41) is 0. The van der Waals surface area contributed by atoms with Crippen LogP contribution in [0, 0.1) is 11.6 Å². The van der Waals surface area contributed by atoms with Crippen molar-refractivity contribution < 1.29 is 8.78 Å². The Morgan fingerprint density at radius 2 is 2.18 bits per heavy atom. The average Bonchev–Trinajstić information content (AvgIpc) is 2.34. The lowest BCUT2D eigenvalue weighted by Gasteiger charge is -1.93.